The van der Waals surface area contributed by atoms with Crippen LogP contribution in [0.5, 0.6) is 11.5 Å². The van der Waals surface area contributed by atoms with E-state index < -0.39 is 0 Å². The number of benzene rings is 2. The minimum atomic E-state index is 0.819. The van der Waals surface area contributed by atoms with Crippen LogP contribution < -0.4 is 9.47 Å². The first kappa shape index (κ1) is 32.3. The monoisotopic (exact) mass is 522 g/mol. The van der Waals surface area contributed by atoms with Crippen LogP contribution in [0.4, 0.5) is 0 Å². The van der Waals surface area contributed by atoms with Crippen molar-refractivity contribution in [3.63, 3.8) is 0 Å². The number of hydrogen-bond donors (Lipinski definition) is 0. The maximum atomic E-state index is 6.25. The number of ether oxygens (including phenoxy) is 2. The molecule has 2 rings (SSSR count). The van der Waals surface area contributed by atoms with Crippen molar-refractivity contribution in [1.29, 1.82) is 0 Å². The SMILES string of the molecule is CCCCCCCCCCOc1c(C)cc(-c2cc(C)c(OCCCCCCCCCC)c(C)c2)cc1C. The van der Waals surface area contributed by atoms with Crippen molar-refractivity contribution in [3.05, 3.63) is 46.5 Å². The molecule has 2 nitrogen and oxygen atoms in total. The first-order valence-electron chi connectivity index (χ1n) is 16.0. The Morgan fingerprint density at radius 3 is 0.947 bits per heavy atom. The summed E-state index contributed by atoms with van der Waals surface area (Å²) in [5.74, 6) is 2.13. The molecule has 214 valence electrons. The number of hydrogen-bond acceptors (Lipinski definition) is 2. The van der Waals surface area contributed by atoms with Gasteiger partial charge in [0, 0.05) is 0 Å². The molecule has 2 heteroatoms. The molecular weight excluding hydrogens is 464 g/mol. The highest BCUT2D eigenvalue weighted by molar-refractivity contribution is 5.70. The highest BCUT2D eigenvalue weighted by Crippen LogP contribution is 2.34. The molecule has 38 heavy (non-hydrogen) atoms. The van der Waals surface area contributed by atoms with Crippen LogP contribution in [0.2, 0.25) is 0 Å². The third-order valence-electron chi connectivity index (χ3n) is 7.74. The van der Waals surface area contributed by atoms with Crippen LogP contribution in [-0.2, 0) is 0 Å². The summed E-state index contributed by atoms with van der Waals surface area (Å²) in [7, 11) is 0. The third kappa shape index (κ3) is 11.8. The first-order valence-corrected chi connectivity index (χ1v) is 16.0. The Hall–Kier alpha value is -1.96. The molecule has 0 heterocycles. The van der Waals surface area contributed by atoms with E-state index in [1.807, 2.05) is 0 Å². The lowest BCUT2D eigenvalue weighted by Crippen LogP contribution is -2.02. The molecule has 0 amide bonds. The van der Waals surface area contributed by atoms with Crippen LogP contribution in [0, 0.1) is 27.7 Å². The molecule has 0 aliphatic carbocycles. The van der Waals surface area contributed by atoms with Gasteiger partial charge in [-0.2, -0.15) is 0 Å². The Morgan fingerprint density at radius 1 is 0.395 bits per heavy atom. The van der Waals surface area contributed by atoms with Crippen LogP contribution in [-0.4, -0.2) is 13.2 Å². The second-order valence-electron chi connectivity index (χ2n) is 11.5. The number of rotatable bonds is 21. The van der Waals surface area contributed by atoms with Crippen LogP contribution in [0.25, 0.3) is 11.1 Å². The average molecular weight is 523 g/mol. The molecular formula is C36H58O2. The lowest BCUT2D eigenvalue weighted by molar-refractivity contribution is 0.300. The zero-order valence-corrected chi connectivity index (χ0v) is 25.9. The normalized spacial score (nSPS) is 11.2. The van der Waals surface area contributed by atoms with Gasteiger partial charge in [0.05, 0.1) is 13.2 Å². The second-order valence-corrected chi connectivity index (χ2v) is 11.5. The van der Waals surface area contributed by atoms with Gasteiger partial charge in [-0.3, -0.25) is 0 Å². The van der Waals surface area contributed by atoms with Gasteiger partial charge in [0.2, 0.25) is 0 Å². The van der Waals surface area contributed by atoms with E-state index in [-0.39, 0.29) is 0 Å². The Bertz CT molecular complexity index is 792. The van der Waals surface area contributed by atoms with Crippen molar-refractivity contribution < 1.29 is 9.47 Å². The van der Waals surface area contributed by atoms with E-state index in [1.54, 1.807) is 0 Å². The molecule has 0 radical (unpaired) electrons. The standard InChI is InChI=1S/C36H58O2/c1-7-9-11-13-15-17-19-21-23-37-35-29(3)25-33(26-30(35)4)34-27-31(5)36(32(6)28-34)38-24-22-20-18-16-14-12-10-8-2/h25-28H,7-24H2,1-6H3. The zero-order valence-electron chi connectivity index (χ0n) is 25.9. The van der Waals surface area contributed by atoms with Gasteiger partial charge >= 0.3 is 0 Å². The molecule has 0 saturated carbocycles. The largest absolute Gasteiger partial charge is 0.493 e. The molecule has 0 bridgehead atoms. The molecule has 0 aliphatic heterocycles. The van der Waals surface area contributed by atoms with E-state index in [2.05, 4.69) is 65.8 Å². The summed E-state index contributed by atoms with van der Waals surface area (Å²) in [6.45, 7) is 14.9. The van der Waals surface area contributed by atoms with E-state index in [0.29, 0.717) is 0 Å². The van der Waals surface area contributed by atoms with Crippen molar-refractivity contribution in [3.8, 4) is 22.6 Å². The maximum absolute atomic E-state index is 6.25. The van der Waals surface area contributed by atoms with Crippen molar-refractivity contribution in [2.45, 2.75) is 144 Å². The Morgan fingerprint density at radius 2 is 0.658 bits per heavy atom. The highest BCUT2D eigenvalue weighted by atomic mass is 16.5. The Kier molecular flexibility index (Phi) is 16.3. The minimum Gasteiger partial charge on any atom is -0.493 e. The van der Waals surface area contributed by atoms with Gasteiger partial charge in [-0.1, -0.05) is 104 Å². The maximum Gasteiger partial charge on any atom is 0.125 e. The van der Waals surface area contributed by atoms with Crippen molar-refractivity contribution >= 4 is 0 Å². The van der Waals surface area contributed by atoms with E-state index in [4.69, 9.17) is 9.47 Å². The molecule has 0 spiro atoms. The molecule has 2 aromatic carbocycles. The van der Waals surface area contributed by atoms with Crippen molar-refractivity contribution in [2.24, 2.45) is 0 Å². The summed E-state index contributed by atoms with van der Waals surface area (Å²) in [6.07, 6.45) is 21.2. The van der Waals surface area contributed by atoms with Crippen LogP contribution in [0.15, 0.2) is 24.3 Å². The first-order chi connectivity index (χ1) is 18.5. The molecule has 0 aliphatic rings. The van der Waals surface area contributed by atoms with Gasteiger partial charge in [0.15, 0.2) is 0 Å². The van der Waals surface area contributed by atoms with Crippen LogP contribution >= 0.6 is 0 Å². The topological polar surface area (TPSA) is 18.5 Å². The number of aryl methyl sites for hydroxylation is 4. The third-order valence-corrected chi connectivity index (χ3v) is 7.74. The molecule has 0 saturated heterocycles. The van der Waals surface area contributed by atoms with Crippen molar-refractivity contribution in [1.82, 2.24) is 0 Å². The molecule has 0 fully saturated rings. The van der Waals surface area contributed by atoms with Gasteiger partial charge in [-0.25, -0.2) is 0 Å². The lowest BCUT2D eigenvalue weighted by atomic mass is 9.96. The van der Waals surface area contributed by atoms with E-state index >= 15 is 0 Å². The minimum absolute atomic E-state index is 0.819. The van der Waals surface area contributed by atoms with Gasteiger partial charge in [0.25, 0.3) is 0 Å². The molecule has 0 aromatic heterocycles. The van der Waals surface area contributed by atoms with E-state index in [9.17, 15) is 0 Å². The molecule has 0 N–H and O–H groups in total. The molecule has 0 unspecified atom stereocenters. The Labute approximate surface area is 235 Å². The van der Waals surface area contributed by atoms with E-state index in [0.717, 1.165) is 37.6 Å². The second kappa shape index (κ2) is 19.2. The predicted octanol–water partition coefficient (Wildman–Crippen LogP) is 11.6. The molecule has 2 aromatic rings. The fourth-order valence-electron chi connectivity index (χ4n) is 5.51. The summed E-state index contributed by atoms with van der Waals surface area (Å²) in [5.41, 5.74) is 7.44. The van der Waals surface area contributed by atoms with Crippen molar-refractivity contribution in [2.75, 3.05) is 13.2 Å². The van der Waals surface area contributed by atoms with Crippen LogP contribution in [0.3, 0.4) is 0 Å². The average Bonchev–Trinajstić information content (AvgIpc) is 2.89. The fraction of sp³-hybridized carbons (Fsp3) is 0.667. The number of unbranched alkanes of at least 4 members (excludes halogenated alkanes) is 14. The quantitative estimate of drug-likeness (QED) is 0.152. The Balaban J connectivity index is 1.83. The summed E-state index contributed by atoms with van der Waals surface area (Å²) < 4.78 is 12.5. The highest BCUT2D eigenvalue weighted by Gasteiger charge is 2.12. The van der Waals surface area contributed by atoms with Gasteiger partial charge in [-0.15, -0.1) is 0 Å². The lowest BCUT2D eigenvalue weighted by Gasteiger charge is -2.17. The van der Waals surface area contributed by atoms with Gasteiger partial charge in [0.1, 0.15) is 11.5 Å². The summed E-state index contributed by atoms with van der Waals surface area (Å²) >= 11 is 0. The molecule has 0 atom stereocenters. The fourth-order valence-corrected chi connectivity index (χ4v) is 5.51. The van der Waals surface area contributed by atoms with Gasteiger partial charge < -0.3 is 9.47 Å². The van der Waals surface area contributed by atoms with Crippen LogP contribution in [0.1, 0.15) is 139 Å². The smallest absolute Gasteiger partial charge is 0.125 e. The zero-order chi connectivity index (χ0) is 27.6. The van der Waals surface area contributed by atoms with E-state index in [1.165, 1.54) is 123 Å². The summed E-state index contributed by atoms with van der Waals surface area (Å²) in [6, 6.07) is 9.13. The van der Waals surface area contributed by atoms with Gasteiger partial charge in [-0.05, 0) is 98.2 Å². The summed E-state index contributed by atoms with van der Waals surface area (Å²) in [5, 5.41) is 0. The summed E-state index contributed by atoms with van der Waals surface area (Å²) in [4.78, 5) is 0. The predicted molar refractivity (Wildman–Crippen MR) is 167 cm³/mol.